The highest BCUT2D eigenvalue weighted by Crippen LogP contribution is 1.96. The number of hydrogen-bond donors (Lipinski definition) is 0. The minimum Gasteiger partial charge on any atom is -0.364 e. The van der Waals surface area contributed by atoms with Gasteiger partial charge in [-0.25, -0.2) is 4.79 Å². The van der Waals surface area contributed by atoms with Crippen LogP contribution in [0.25, 0.3) is 0 Å². The van der Waals surface area contributed by atoms with Gasteiger partial charge in [0.15, 0.2) is 0 Å². The molecule has 0 spiro atoms. The standard InChI is InChI=1S/C8H15NO2/c1-5-9(6-2)11-8(10)7(3)4/h3,5-6H2,1-2,4H3. The second kappa shape index (κ2) is 4.91. The van der Waals surface area contributed by atoms with Crippen molar-refractivity contribution in [2.75, 3.05) is 13.1 Å². The van der Waals surface area contributed by atoms with Crippen LogP contribution in [0.5, 0.6) is 0 Å². The van der Waals surface area contributed by atoms with Gasteiger partial charge in [0.05, 0.1) is 0 Å². The van der Waals surface area contributed by atoms with Crippen LogP contribution in [0.3, 0.4) is 0 Å². The number of hydroxylamine groups is 2. The maximum absolute atomic E-state index is 10.9. The van der Waals surface area contributed by atoms with Crippen molar-refractivity contribution in [2.45, 2.75) is 20.8 Å². The molecule has 0 aromatic rings. The quantitative estimate of drug-likeness (QED) is 0.456. The van der Waals surface area contributed by atoms with Crippen LogP contribution in [-0.4, -0.2) is 24.1 Å². The first-order valence-electron chi connectivity index (χ1n) is 3.74. The average Bonchev–Trinajstić information content (AvgIpc) is 1.99. The third-order valence-electron chi connectivity index (χ3n) is 1.27. The lowest BCUT2D eigenvalue weighted by molar-refractivity contribution is -0.183. The lowest BCUT2D eigenvalue weighted by Gasteiger charge is -2.16. The van der Waals surface area contributed by atoms with Gasteiger partial charge in [0.2, 0.25) is 0 Å². The Labute approximate surface area is 67.6 Å². The van der Waals surface area contributed by atoms with Crippen molar-refractivity contribution in [3.8, 4) is 0 Å². The van der Waals surface area contributed by atoms with Crippen molar-refractivity contribution in [1.29, 1.82) is 0 Å². The summed E-state index contributed by atoms with van der Waals surface area (Å²) in [5, 5.41) is 1.58. The number of carbonyl (C=O) groups is 1. The number of rotatable bonds is 4. The van der Waals surface area contributed by atoms with Gasteiger partial charge in [-0.15, -0.1) is 5.06 Å². The summed E-state index contributed by atoms with van der Waals surface area (Å²) < 4.78 is 0. The Kier molecular flexibility index (Phi) is 4.54. The molecule has 0 fully saturated rings. The van der Waals surface area contributed by atoms with Gasteiger partial charge in [-0.2, -0.15) is 0 Å². The molecule has 0 amide bonds. The lowest BCUT2D eigenvalue weighted by atomic mass is 10.4. The number of hydrogen-bond acceptors (Lipinski definition) is 3. The van der Waals surface area contributed by atoms with Gasteiger partial charge in [-0.1, -0.05) is 6.58 Å². The number of carbonyl (C=O) groups excluding carboxylic acids is 1. The zero-order valence-corrected chi connectivity index (χ0v) is 7.39. The summed E-state index contributed by atoms with van der Waals surface area (Å²) in [6.45, 7) is 10.4. The SMILES string of the molecule is C=C(C)C(=O)ON(CC)CC. The van der Waals surface area contributed by atoms with E-state index in [9.17, 15) is 4.79 Å². The molecule has 3 heteroatoms. The van der Waals surface area contributed by atoms with Crippen LogP contribution in [0, 0.1) is 0 Å². The van der Waals surface area contributed by atoms with Crippen LogP contribution in [0.1, 0.15) is 20.8 Å². The molecule has 0 aliphatic rings. The molecule has 0 aliphatic carbocycles. The topological polar surface area (TPSA) is 29.5 Å². The molecule has 0 N–H and O–H groups in total. The predicted molar refractivity (Wildman–Crippen MR) is 43.8 cm³/mol. The first-order chi connectivity index (χ1) is 5.11. The van der Waals surface area contributed by atoms with Gasteiger partial charge in [0, 0.05) is 18.7 Å². The van der Waals surface area contributed by atoms with Gasteiger partial charge < -0.3 is 4.84 Å². The van der Waals surface area contributed by atoms with Crippen molar-refractivity contribution in [2.24, 2.45) is 0 Å². The van der Waals surface area contributed by atoms with Crippen molar-refractivity contribution in [1.82, 2.24) is 5.06 Å². The molecule has 0 saturated heterocycles. The summed E-state index contributed by atoms with van der Waals surface area (Å²) in [5.74, 6) is -0.353. The summed E-state index contributed by atoms with van der Waals surface area (Å²) in [4.78, 5) is 15.8. The fourth-order valence-electron chi connectivity index (χ4n) is 0.548. The van der Waals surface area contributed by atoms with Crippen molar-refractivity contribution in [3.63, 3.8) is 0 Å². The minimum atomic E-state index is -0.353. The molecule has 0 aliphatic heterocycles. The van der Waals surface area contributed by atoms with Crippen LogP contribution in [0.2, 0.25) is 0 Å². The zero-order valence-electron chi connectivity index (χ0n) is 7.39. The summed E-state index contributed by atoms with van der Waals surface area (Å²) in [6.07, 6.45) is 0. The molecular formula is C8H15NO2. The monoisotopic (exact) mass is 157 g/mol. The Balaban J connectivity index is 3.81. The second-order valence-electron chi connectivity index (χ2n) is 2.27. The normalized spacial score (nSPS) is 9.82. The third kappa shape index (κ3) is 3.78. The zero-order chi connectivity index (χ0) is 8.85. The minimum absolute atomic E-state index is 0.353. The molecule has 3 nitrogen and oxygen atoms in total. The highest BCUT2D eigenvalue weighted by molar-refractivity contribution is 5.86. The summed E-state index contributed by atoms with van der Waals surface area (Å²) in [6, 6.07) is 0. The van der Waals surface area contributed by atoms with E-state index < -0.39 is 0 Å². The molecule has 64 valence electrons. The van der Waals surface area contributed by atoms with Gasteiger partial charge in [0.1, 0.15) is 0 Å². The first-order valence-corrected chi connectivity index (χ1v) is 3.74. The van der Waals surface area contributed by atoms with E-state index >= 15 is 0 Å². The molecule has 0 aromatic heterocycles. The van der Waals surface area contributed by atoms with Gasteiger partial charge in [0.25, 0.3) is 0 Å². The van der Waals surface area contributed by atoms with Crippen LogP contribution in [0.15, 0.2) is 12.2 Å². The maximum atomic E-state index is 10.9. The Morgan fingerprint density at radius 2 is 1.91 bits per heavy atom. The van der Waals surface area contributed by atoms with E-state index in [4.69, 9.17) is 4.84 Å². The van der Waals surface area contributed by atoms with E-state index in [1.165, 1.54) is 0 Å². The average molecular weight is 157 g/mol. The summed E-state index contributed by atoms with van der Waals surface area (Å²) >= 11 is 0. The molecule has 11 heavy (non-hydrogen) atoms. The van der Waals surface area contributed by atoms with Crippen LogP contribution < -0.4 is 0 Å². The molecule has 0 radical (unpaired) electrons. The van der Waals surface area contributed by atoms with E-state index in [0.29, 0.717) is 18.7 Å². The lowest BCUT2D eigenvalue weighted by Crippen LogP contribution is -2.27. The fraction of sp³-hybridized carbons (Fsp3) is 0.625. The molecule has 0 heterocycles. The van der Waals surface area contributed by atoms with Crippen molar-refractivity contribution >= 4 is 5.97 Å². The van der Waals surface area contributed by atoms with Gasteiger partial charge in [-0.05, 0) is 20.8 Å². The van der Waals surface area contributed by atoms with Crippen LogP contribution in [0.4, 0.5) is 0 Å². The molecule has 0 bridgehead atoms. The smallest absolute Gasteiger partial charge is 0.352 e. The maximum Gasteiger partial charge on any atom is 0.352 e. The third-order valence-corrected chi connectivity index (χ3v) is 1.27. The van der Waals surface area contributed by atoms with Gasteiger partial charge in [-0.3, -0.25) is 0 Å². The fourth-order valence-corrected chi connectivity index (χ4v) is 0.548. The van der Waals surface area contributed by atoms with Crippen molar-refractivity contribution in [3.05, 3.63) is 12.2 Å². The Hall–Kier alpha value is -0.830. The first kappa shape index (κ1) is 10.2. The van der Waals surface area contributed by atoms with E-state index in [1.807, 2.05) is 13.8 Å². The molecule has 0 atom stereocenters. The highest BCUT2D eigenvalue weighted by Gasteiger charge is 2.07. The van der Waals surface area contributed by atoms with Crippen LogP contribution in [-0.2, 0) is 9.63 Å². The van der Waals surface area contributed by atoms with Crippen LogP contribution >= 0.6 is 0 Å². The molecule has 0 aromatic carbocycles. The molecular weight excluding hydrogens is 142 g/mol. The molecule has 0 unspecified atom stereocenters. The van der Waals surface area contributed by atoms with E-state index in [-0.39, 0.29) is 5.97 Å². The van der Waals surface area contributed by atoms with Gasteiger partial charge >= 0.3 is 5.97 Å². The van der Waals surface area contributed by atoms with E-state index in [1.54, 1.807) is 12.0 Å². The second-order valence-corrected chi connectivity index (χ2v) is 2.27. The Morgan fingerprint density at radius 1 is 1.45 bits per heavy atom. The number of nitrogens with zero attached hydrogens (tertiary/aromatic N) is 1. The molecule has 0 saturated carbocycles. The molecule has 0 rings (SSSR count). The predicted octanol–water partition coefficient (Wildman–Crippen LogP) is 1.36. The van der Waals surface area contributed by atoms with E-state index in [2.05, 4.69) is 6.58 Å². The largest absolute Gasteiger partial charge is 0.364 e. The summed E-state index contributed by atoms with van der Waals surface area (Å²) in [7, 11) is 0. The highest BCUT2D eigenvalue weighted by atomic mass is 16.7. The van der Waals surface area contributed by atoms with E-state index in [0.717, 1.165) is 0 Å². The Bertz CT molecular complexity index is 150. The summed E-state index contributed by atoms with van der Waals surface area (Å²) in [5.41, 5.74) is 0.428. The van der Waals surface area contributed by atoms with Crippen molar-refractivity contribution < 1.29 is 9.63 Å². The Morgan fingerprint density at radius 3 is 2.18 bits per heavy atom.